The van der Waals surface area contributed by atoms with Gasteiger partial charge in [0.1, 0.15) is 11.8 Å². The van der Waals surface area contributed by atoms with Crippen LogP contribution in [0.25, 0.3) is 0 Å². The third-order valence-corrected chi connectivity index (χ3v) is 4.11. The van der Waals surface area contributed by atoms with E-state index in [0.29, 0.717) is 6.54 Å². The highest BCUT2D eigenvalue weighted by Gasteiger charge is 2.23. The molecule has 0 aliphatic heterocycles. The predicted octanol–water partition coefficient (Wildman–Crippen LogP) is 2.39. The van der Waals surface area contributed by atoms with Crippen LogP contribution in [0.15, 0.2) is 24.5 Å². The summed E-state index contributed by atoms with van der Waals surface area (Å²) in [6, 6.07) is 3.73. The maximum atomic E-state index is 12.8. The monoisotopic (exact) mass is 366 g/mol. The van der Waals surface area contributed by atoms with E-state index in [4.69, 9.17) is 4.74 Å². The van der Waals surface area contributed by atoms with E-state index in [1.807, 2.05) is 34.1 Å². The highest BCUT2D eigenvalue weighted by Crippen LogP contribution is 2.25. The molecule has 138 valence electrons. The second-order valence-electron chi connectivity index (χ2n) is 6.13. The molecule has 0 saturated carbocycles. The molecule has 6 nitrogen and oxygen atoms in total. The third-order valence-electron chi connectivity index (χ3n) is 4.11. The largest absolute Gasteiger partial charge is 0.496 e. The van der Waals surface area contributed by atoms with Gasteiger partial charge in [-0.3, -0.25) is 9.48 Å². The molecule has 1 heterocycles. The molecule has 1 unspecified atom stereocenters. The summed E-state index contributed by atoms with van der Waals surface area (Å²) in [6.45, 7) is 4.58. The summed E-state index contributed by atoms with van der Waals surface area (Å²) >= 11 is 0. The zero-order valence-corrected chi connectivity index (χ0v) is 16.5. The van der Waals surface area contributed by atoms with Crippen LogP contribution in [0.3, 0.4) is 0 Å². The fraction of sp³-hybridized carbons (Fsp3) is 0.444. The van der Waals surface area contributed by atoms with E-state index in [1.54, 1.807) is 29.9 Å². The normalized spacial score (nSPS) is 11.6. The molecule has 2 aromatic rings. The van der Waals surface area contributed by atoms with Crippen molar-refractivity contribution in [2.24, 2.45) is 7.05 Å². The summed E-state index contributed by atoms with van der Waals surface area (Å²) in [5, 5.41) is 7.22. The van der Waals surface area contributed by atoms with Gasteiger partial charge < -0.3 is 15.0 Å². The quantitative estimate of drug-likeness (QED) is 0.852. The molecule has 1 N–H and O–H groups in total. The standard InChI is InChI=1S/C18H26N4O2.ClH/c1-12-7-14(8-13(2)17(12)24-6)10-21(4)18(23)16(19-3)15-9-20-22(5)11-15;/h7-9,11,16,19H,10H2,1-6H3;1H. The van der Waals surface area contributed by atoms with E-state index in [2.05, 4.69) is 22.5 Å². The number of ether oxygens (including phenoxy) is 1. The van der Waals surface area contributed by atoms with Crippen LogP contribution in [-0.2, 0) is 18.4 Å². The lowest BCUT2D eigenvalue weighted by Gasteiger charge is -2.23. The lowest BCUT2D eigenvalue weighted by molar-refractivity contribution is -0.132. The summed E-state index contributed by atoms with van der Waals surface area (Å²) in [5.74, 6) is 0.910. The molecule has 2 rings (SSSR count). The molecule has 7 heteroatoms. The van der Waals surface area contributed by atoms with E-state index in [9.17, 15) is 4.79 Å². The minimum Gasteiger partial charge on any atom is -0.496 e. The summed E-state index contributed by atoms with van der Waals surface area (Å²) in [4.78, 5) is 14.5. The Labute approximate surface area is 155 Å². The van der Waals surface area contributed by atoms with Crippen molar-refractivity contribution in [2.75, 3.05) is 21.2 Å². The van der Waals surface area contributed by atoms with Crippen molar-refractivity contribution >= 4 is 18.3 Å². The van der Waals surface area contributed by atoms with Crippen molar-refractivity contribution in [1.82, 2.24) is 20.0 Å². The van der Waals surface area contributed by atoms with Gasteiger partial charge in [0.2, 0.25) is 5.91 Å². The summed E-state index contributed by atoms with van der Waals surface area (Å²) < 4.78 is 7.10. The zero-order valence-electron chi connectivity index (χ0n) is 15.7. The number of carbonyl (C=O) groups is 1. The average Bonchev–Trinajstić information content (AvgIpc) is 2.93. The molecule has 0 bridgehead atoms. The van der Waals surface area contributed by atoms with Crippen LogP contribution >= 0.6 is 12.4 Å². The van der Waals surface area contributed by atoms with Gasteiger partial charge in [-0.1, -0.05) is 12.1 Å². The number of carbonyl (C=O) groups excluding carboxylic acids is 1. The minimum absolute atomic E-state index is 0. The van der Waals surface area contributed by atoms with Crippen LogP contribution in [-0.4, -0.2) is 41.8 Å². The Kier molecular flexibility index (Phi) is 7.45. The van der Waals surface area contributed by atoms with Crippen molar-refractivity contribution in [1.29, 1.82) is 0 Å². The number of nitrogens with zero attached hydrogens (tertiary/aromatic N) is 3. The Bertz CT molecular complexity index is 707. The molecular weight excluding hydrogens is 340 g/mol. The zero-order chi connectivity index (χ0) is 17.9. The van der Waals surface area contributed by atoms with Gasteiger partial charge in [-0.05, 0) is 37.6 Å². The first-order valence-electron chi connectivity index (χ1n) is 7.92. The third kappa shape index (κ3) is 4.74. The molecule has 1 aromatic heterocycles. The fourth-order valence-corrected chi connectivity index (χ4v) is 3.05. The molecule has 25 heavy (non-hydrogen) atoms. The second kappa shape index (κ2) is 8.87. The van der Waals surface area contributed by atoms with Crippen molar-refractivity contribution in [2.45, 2.75) is 26.4 Å². The molecule has 1 atom stereocenters. The number of benzene rings is 1. The van der Waals surface area contributed by atoms with Crippen LogP contribution in [0.4, 0.5) is 0 Å². The van der Waals surface area contributed by atoms with E-state index in [-0.39, 0.29) is 18.3 Å². The fourth-order valence-electron chi connectivity index (χ4n) is 3.05. The van der Waals surface area contributed by atoms with E-state index >= 15 is 0 Å². The van der Waals surface area contributed by atoms with Gasteiger partial charge >= 0.3 is 0 Å². The maximum absolute atomic E-state index is 12.8. The minimum atomic E-state index is -0.399. The number of nitrogens with one attached hydrogen (secondary N) is 1. The van der Waals surface area contributed by atoms with Gasteiger partial charge in [0.05, 0.1) is 13.3 Å². The van der Waals surface area contributed by atoms with Gasteiger partial charge in [0.25, 0.3) is 0 Å². The van der Waals surface area contributed by atoms with Crippen molar-refractivity contribution in [3.05, 3.63) is 46.8 Å². The summed E-state index contributed by atoms with van der Waals surface area (Å²) in [5.41, 5.74) is 4.10. The maximum Gasteiger partial charge on any atom is 0.244 e. The molecule has 0 aliphatic rings. The van der Waals surface area contributed by atoms with Gasteiger partial charge in [-0.15, -0.1) is 12.4 Å². The number of amides is 1. The van der Waals surface area contributed by atoms with Crippen molar-refractivity contribution < 1.29 is 9.53 Å². The SMILES string of the molecule is CNC(C(=O)N(C)Cc1cc(C)c(OC)c(C)c1)c1cnn(C)c1.Cl. The molecule has 1 amide bonds. The number of halogens is 1. The Balaban J connectivity index is 0.00000312. The molecule has 0 fully saturated rings. The number of hydrogen-bond donors (Lipinski definition) is 1. The number of hydrogen-bond acceptors (Lipinski definition) is 4. The molecule has 1 aromatic carbocycles. The van der Waals surface area contributed by atoms with E-state index < -0.39 is 6.04 Å². The van der Waals surface area contributed by atoms with Crippen LogP contribution < -0.4 is 10.1 Å². The first-order valence-corrected chi connectivity index (χ1v) is 7.92. The Hall–Kier alpha value is -2.05. The Morgan fingerprint density at radius 2 is 1.96 bits per heavy atom. The van der Waals surface area contributed by atoms with Crippen LogP contribution in [0.1, 0.15) is 28.3 Å². The van der Waals surface area contributed by atoms with E-state index in [0.717, 1.165) is 28.0 Å². The van der Waals surface area contributed by atoms with Gasteiger partial charge in [0, 0.05) is 32.4 Å². The van der Waals surface area contributed by atoms with Gasteiger partial charge in [0.15, 0.2) is 0 Å². The lowest BCUT2D eigenvalue weighted by atomic mass is 10.0. The Morgan fingerprint density at radius 3 is 2.40 bits per heavy atom. The molecule has 0 aliphatic carbocycles. The molecule has 0 spiro atoms. The van der Waals surface area contributed by atoms with Crippen LogP contribution in [0, 0.1) is 13.8 Å². The number of methoxy groups -OCH3 is 1. The lowest BCUT2D eigenvalue weighted by Crippen LogP contribution is -2.37. The molecule has 0 saturated heterocycles. The first-order chi connectivity index (χ1) is 11.4. The molecule has 0 radical (unpaired) electrons. The second-order valence-corrected chi connectivity index (χ2v) is 6.13. The summed E-state index contributed by atoms with van der Waals surface area (Å²) in [7, 11) is 7.12. The van der Waals surface area contributed by atoms with Crippen molar-refractivity contribution in [3.63, 3.8) is 0 Å². The number of likely N-dealkylation sites (N-methyl/N-ethyl adjacent to an activating group) is 2. The van der Waals surface area contributed by atoms with E-state index in [1.165, 1.54) is 0 Å². The first kappa shape index (κ1) is 21.0. The average molecular weight is 367 g/mol. The smallest absolute Gasteiger partial charge is 0.244 e. The summed E-state index contributed by atoms with van der Waals surface area (Å²) in [6.07, 6.45) is 3.57. The van der Waals surface area contributed by atoms with Crippen molar-refractivity contribution in [3.8, 4) is 5.75 Å². The van der Waals surface area contributed by atoms with Gasteiger partial charge in [-0.2, -0.15) is 5.10 Å². The molecular formula is C18H27ClN4O2. The number of aromatic nitrogens is 2. The van der Waals surface area contributed by atoms with Crippen LogP contribution in [0.5, 0.6) is 5.75 Å². The highest BCUT2D eigenvalue weighted by atomic mass is 35.5. The van der Waals surface area contributed by atoms with Crippen LogP contribution in [0.2, 0.25) is 0 Å². The highest BCUT2D eigenvalue weighted by molar-refractivity contribution is 5.85. The number of aryl methyl sites for hydroxylation is 3. The van der Waals surface area contributed by atoms with Gasteiger partial charge in [-0.25, -0.2) is 0 Å². The topological polar surface area (TPSA) is 59.4 Å². The predicted molar refractivity (Wildman–Crippen MR) is 101 cm³/mol. The number of rotatable bonds is 6. The Morgan fingerprint density at radius 1 is 1.36 bits per heavy atom.